The van der Waals surface area contributed by atoms with Crippen molar-refractivity contribution < 1.29 is 19.1 Å². The molecule has 1 amide bonds. The zero-order valence-corrected chi connectivity index (χ0v) is 15.8. The molecular formula is C18H18INO4. The first-order valence-electron chi connectivity index (χ1n) is 7.32. The molecule has 0 aliphatic heterocycles. The number of hydrogen-bond donors (Lipinski definition) is 1. The van der Waals surface area contributed by atoms with E-state index in [1.54, 1.807) is 25.1 Å². The highest BCUT2D eigenvalue weighted by atomic mass is 127. The average Bonchev–Trinajstić information content (AvgIpc) is 2.56. The molecule has 2 rings (SSSR count). The van der Waals surface area contributed by atoms with Gasteiger partial charge in [-0.05, 0) is 78.9 Å². The molecule has 0 aromatic heterocycles. The minimum atomic E-state index is -0.721. The topological polar surface area (TPSA) is 64.6 Å². The molecule has 0 spiro atoms. The molecule has 126 valence electrons. The number of anilines is 1. The second-order valence-electron chi connectivity index (χ2n) is 5.18. The Balaban J connectivity index is 2.08. The zero-order valence-electron chi connectivity index (χ0n) is 13.6. The van der Waals surface area contributed by atoms with Crippen molar-refractivity contribution in [1.82, 2.24) is 0 Å². The van der Waals surface area contributed by atoms with E-state index in [-0.39, 0.29) is 11.7 Å². The molecular weight excluding hydrogens is 421 g/mol. The molecule has 2 aromatic rings. The highest BCUT2D eigenvalue weighted by Gasteiger charge is 2.18. The third-order valence-electron chi connectivity index (χ3n) is 3.35. The summed E-state index contributed by atoms with van der Waals surface area (Å²) in [7, 11) is 1.49. The van der Waals surface area contributed by atoms with Gasteiger partial charge in [0, 0.05) is 14.8 Å². The van der Waals surface area contributed by atoms with Gasteiger partial charge in [-0.2, -0.15) is 0 Å². The van der Waals surface area contributed by atoms with Crippen molar-refractivity contribution in [2.75, 3.05) is 12.4 Å². The Bertz CT molecular complexity index is 743. The summed E-state index contributed by atoms with van der Waals surface area (Å²) in [6.07, 6.45) is -0.721. The molecule has 0 saturated heterocycles. The quantitative estimate of drug-likeness (QED) is 0.548. The van der Waals surface area contributed by atoms with Crippen LogP contribution in [-0.4, -0.2) is 24.9 Å². The van der Waals surface area contributed by atoms with Gasteiger partial charge in [-0.25, -0.2) is 0 Å². The Morgan fingerprint density at radius 1 is 1.08 bits per heavy atom. The number of hydrogen-bond acceptors (Lipinski definition) is 4. The van der Waals surface area contributed by atoms with E-state index in [0.717, 1.165) is 3.57 Å². The number of ketones is 1. The minimum Gasteiger partial charge on any atom is -0.493 e. The summed E-state index contributed by atoms with van der Waals surface area (Å²) >= 11 is 2.20. The van der Waals surface area contributed by atoms with Crippen LogP contribution in [0, 0.1) is 3.57 Å². The monoisotopic (exact) mass is 439 g/mol. The molecule has 2 aromatic carbocycles. The lowest BCUT2D eigenvalue weighted by Gasteiger charge is -2.17. The number of nitrogens with one attached hydrogen (secondary N) is 1. The first kappa shape index (κ1) is 18.3. The molecule has 0 saturated carbocycles. The number of carbonyl (C=O) groups is 2. The Hall–Kier alpha value is -2.09. The number of carbonyl (C=O) groups excluding carboxylic acids is 2. The predicted molar refractivity (Wildman–Crippen MR) is 101 cm³/mol. The maximum absolute atomic E-state index is 12.2. The van der Waals surface area contributed by atoms with Crippen molar-refractivity contribution in [3.63, 3.8) is 0 Å². The van der Waals surface area contributed by atoms with E-state index in [1.165, 1.54) is 14.0 Å². The van der Waals surface area contributed by atoms with Crippen LogP contribution in [0.25, 0.3) is 0 Å². The van der Waals surface area contributed by atoms with Gasteiger partial charge in [-0.3, -0.25) is 9.59 Å². The summed E-state index contributed by atoms with van der Waals surface area (Å²) in [5.41, 5.74) is 1.23. The molecule has 1 atom stereocenters. The summed E-state index contributed by atoms with van der Waals surface area (Å²) in [5.74, 6) is 0.489. The van der Waals surface area contributed by atoms with Crippen LogP contribution in [0.4, 0.5) is 5.69 Å². The van der Waals surface area contributed by atoms with Crippen molar-refractivity contribution in [3.8, 4) is 11.5 Å². The largest absolute Gasteiger partial charge is 0.493 e. The molecule has 0 fully saturated rings. The zero-order chi connectivity index (χ0) is 17.7. The summed E-state index contributed by atoms with van der Waals surface area (Å²) in [6, 6.07) is 12.3. The second-order valence-corrected chi connectivity index (χ2v) is 6.42. The first-order valence-corrected chi connectivity index (χ1v) is 8.40. The number of methoxy groups -OCH3 is 1. The summed E-state index contributed by atoms with van der Waals surface area (Å²) < 4.78 is 12.0. The maximum Gasteiger partial charge on any atom is 0.265 e. The number of amides is 1. The maximum atomic E-state index is 12.2. The Morgan fingerprint density at radius 3 is 2.33 bits per heavy atom. The summed E-state index contributed by atoms with van der Waals surface area (Å²) in [6.45, 7) is 3.13. The Kier molecular flexibility index (Phi) is 6.19. The molecule has 0 aliphatic rings. The van der Waals surface area contributed by atoms with Gasteiger partial charge >= 0.3 is 0 Å². The standard InChI is InChI=1S/C18H18INO4/c1-11(21)13-4-9-16(17(10-13)23-3)24-12(2)18(22)20-15-7-5-14(19)6-8-15/h4-10,12H,1-3H3,(H,20,22). The van der Waals surface area contributed by atoms with Crippen LogP contribution < -0.4 is 14.8 Å². The van der Waals surface area contributed by atoms with E-state index in [4.69, 9.17) is 9.47 Å². The van der Waals surface area contributed by atoms with Crippen molar-refractivity contribution in [3.05, 3.63) is 51.6 Å². The normalized spacial score (nSPS) is 11.5. The molecule has 1 unspecified atom stereocenters. The number of Topliss-reactive ketones (excluding diaryl/α,β-unsaturated/α-hetero) is 1. The lowest BCUT2D eigenvalue weighted by atomic mass is 10.1. The molecule has 6 heteroatoms. The van der Waals surface area contributed by atoms with Gasteiger partial charge in [0.2, 0.25) is 0 Å². The van der Waals surface area contributed by atoms with Gasteiger partial charge in [0.05, 0.1) is 7.11 Å². The van der Waals surface area contributed by atoms with Crippen LogP contribution in [0.1, 0.15) is 24.2 Å². The molecule has 0 bridgehead atoms. The van der Waals surface area contributed by atoms with E-state index < -0.39 is 6.10 Å². The van der Waals surface area contributed by atoms with E-state index in [2.05, 4.69) is 27.9 Å². The predicted octanol–water partition coefficient (Wildman–Crippen LogP) is 3.91. The van der Waals surface area contributed by atoms with Crippen LogP contribution in [0.3, 0.4) is 0 Å². The summed E-state index contributed by atoms with van der Waals surface area (Å²) in [4.78, 5) is 23.7. The van der Waals surface area contributed by atoms with Crippen molar-refractivity contribution >= 4 is 40.0 Å². The van der Waals surface area contributed by atoms with Crippen LogP contribution in [0.5, 0.6) is 11.5 Å². The fourth-order valence-corrected chi connectivity index (χ4v) is 2.36. The van der Waals surface area contributed by atoms with Gasteiger partial charge in [0.15, 0.2) is 23.4 Å². The van der Waals surface area contributed by atoms with Crippen LogP contribution in [-0.2, 0) is 4.79 Å². The number of ether oxygens (including phenoxy) is 2. The highest BCUT2D eigenvalue weighted by Crippen LogP contribution is 2.29. The van der Waals surface area contributed by atoms with E-state index in [0.29, 0.717) is 22.7 Å². The molecule has 24 heavy (non-hydrogen) atoms. The van der Waals surface area contributed by atoms with Crippen LogP contribution >= 0.6 is 22.6 Å². The highest BCUT2D eigenvalue weighted by molar-refractivity contribution is 14.1. The van der Waals surface area contributed by atoms with Gasteiger partial charge < -0.3 is 14.8 Å². The molecule has 0 heterocycles. The SMILES string of the molecule is COc1cc(C(C)=O)ccc1OC(C)C(=O)Nc1ccc(I)cc1. The van der Waals surface area contributed by atoms with Crippen LogP contribution in [0.2, 0.25) is 0 Å². The molecule has 0 radical (unpaired) electrons. The number of rotatable bonds is 6. The fourth-order valence-electron chi connectivity index (χ4n) is 2.01. The van der Waals surface area contributed by atoms with Crippen molar-refractivity contribution in [2.24, 2.45) is 0 Å². The van der Waals surface area contributed by atoms with Crippen molar-refractivity contribution in [2.45, 2.75) is 20.0 Å². The third kappa shape index (κ3) is 4.70. The number of benzene rings is 2. The lowest BCUT2D eigenvalue weighted by molar-refractivity contribution is -0.122. The van der Waals surface area contributed by atoms with Crippen LogP contribution in [0.15, 0.2) is 42.5 Å². The Morgan fingerprint density at radius 2 is 1.75 bits per heavy atom. The first-order chi connectivity index (χ1) is 11.4. The fraction of sp³-hybridized carbons (Fsp3) is 0.222. The van der Waals surface area contributed by atoms with Gasteiger partial charge in [0.25, 0.3) is 5.91 Å². The summed E-state index contributed by atoms with van der Waals surface area (Å²) in [5, 5.41) is 2.79. The van der Waals surface area contributed by atoms with E-state index in [1.807, 2.05) is 24.3 Å². The molecule has 1 N–H and O–H groups in total. The van der Waals surface area contributed by atoms with Crippen molar-refractivity contribution in [1.29, 1.82) is 0 Å². The average molecular weight is 439 g/mol. The number of halogens is 1. The second kappa shape index (κ2) is 8.14. The van der Waals surface area contributed by atoms with Gasteiger partial charge in [0.1, 0.15) is 0 Å². The molecule has 0 aliphatic carbocycles. The van der Waals surface area contributed by atoms with Gasteiger partial charge in [-0.15, -0.1) is 0 Å². The molecule has 5 nitrogen and oxygen atoms in total. The Labute approximate surface area is 154 Å². The lowest BCUT2D eigenvalue weighted by Crippen LogP contribution is -2.30. The third-order valence-corrected chi connectivity index (χ3v) is 4.07. The van der Waals surface area contributed by atoms with E-state index >= 15 is 0 Å². The van der Waals surface area contributed by atoms with E-state index in [9.17, 15) is 9.59 Å². The smallest absolute Gasteiger partial charge is 0.265 e. The van der Waals surface area contributed by atoms with Gasteiger partial charge in [-0.1, -0.05) is 0 Å². The minimum absolute atomic E-state index is 0.0654.